The first kappa shape index (κ1) is 13.6. The van der Waals surface area contributed by atoms with Gasteiger partial charge in [0.25, 0.3) is 0 Å². The van der Waals surface area contributed by atoms with Gasteiger partial charge < -0.3 is 9.88 Å². The molecule has 1 aromatic heterocycles. The summed E-state index contributed by atoms with van der Waals surface area (Å²) in [4.78, 5) is 4.14. The van der Waals surface area contributed by atoms with E-state index >= 15 is 0 Å². The van der Waals surface area contributed by atoms with Crippen LogP contribution in [0.5, 0.6) is 0 Å². The second-order valence-electron chi connectivity index (χ2n) is 6.21. The fourth-order valence-corrected chi connectivity index (χ4v) is 4.07. The summed E-state index contributed by atoms with van der Waals surface area (Å²) in [5.41, 5.74) is 2.78. The van der Waals surface area contributed by atoms with Crippen LogP contribution in [0.3, 0.4) is 0 Å². The maximum Gasteiger partial charge on any atom is 0.0992 e. The molecule has 2 aromatic rings. The van der Waals surface area contributed by atoms with Crippen molar-refractivity contribution in [2.45, 2.75) is 26.3 Å². The summed E-state index contributed by atoms with van der Waals surface area (Å²) in [6.07, 6.45) is 6.87. The van der Waals surface area contributed by atoms with Crippen molar-refractivity contribution in [2.24, 2.45) is 5.41 Å². The highest BCUT2D eigenvalue weighted by molar-refractivity contribution is 7.99. The van der Waals surface area contributed by atoms with Gasteiger partial charge in [-0.25, -0.2) is 4.98 Å². The quantitative estimate of drug-likeness (QED) is 0.931. The van der Waals surface area contributed by atoms with Crippen molar-refractivity contribution in [2.75, 3.05) is 16.8 Å². The van der Waals surface area contributed by atoms with E-state index in [4.69, 9.17) is 0 Å². The number of thioether (sulfide) groups is 1. The molecule has 1 N–H and O–H groups in total. The first-order valence-corrected chi connectivity index (χ1v) is 8.21. The molecule has 20 heavy (non-hydrogen) atoms. The van der Waals surface area contributed by atoms with Crippen molar-refractivity contribution in [3.63, 3.8) is 0 Å². The van der Waals surface area contributed by atoms with Crippen molar-refractivity contribution in [3.05, 3.63) is 43.0 Å². The molecular formula is C16H21N3S. The molecule has 1 atom stereocenters. The lowest BCUT2D eigenvalue weighted by Crippen LogP contribution is -2.35. The van der Waals surface area contributed by atoms with Gasteiger partial charge in [-0.05, 0) is 29.7 Å². The average Bonchev–Trinajstić information content (AvgIpc) is 2.92. The maximum absolute atomic E-state index is 4.14. The first-order valence-electron chi connectivity index (χ1n) is 7.06. The molecule has 0 aliphatic carbocycles. The molecule has 1 saturated heterocycles. The summed E-state index contributed by atoms with van der Waals surface area (Å²) in [6, 6.07) is 8.98. The normalized spacial score (nSPS) is 21.6. The molecule has 0 amide bonds. The van der Waals surface area contributed by atoms with Crippen LogP contribution in [-0.4, -0.2) is 27.1 Å². The fourth-order valence-electron chi connectivity index (χ4n) is 2.80. The third-order valence-corrected chi connectivity index (χ3v) is 5.28. The first-order chi connectivity index (χ1) is 9.64. The summed E-state index contributed by atoms with van der Waals surface area (Å²) < 4.78 is 2.06. The minimum Gasteiger partial charge on any atom is -0.380 e. The molecule has 3 rings (SSSR count). The predicted molar refractivity (Wildman–Crippen MR) is 86.7 cm³/mol. The van der Waals surface area contributed by atoms with Gasteiger partial charge in [-0.2, -0.15) is 11.8 Å². The van der Waals surface area contributed by atoms with Crippen LogP contribution in [0.15, 0.2) is 43.0 Å². The minimum absolute atomic E-state index is 0.421. The van der Waals surface area contributed by atoms with Crippen LogP contribution in [0.25, 0.3) is 5.69 Å². The van der Waals surface area contributed by atoms with Gasteiger partial charge in [0.15, 0.2) is 0 Å². The lowest BCUT2D eigenvalue weighted by atomic mass is 9.87. The van der Waals surface area contributed by atoms with E-state index in [1.807, 2.05) is 18.7 Å². The number of aromatic nitrogens is 2. The Hall–Kier alpha value is -1.42. The van der Waals surface area contributed by atoms with Gasteiger partial charge in [0.2, 0.25) is 0 Å². The second-order valence-corrected chi connectivity index (χ2v) is 7.24. The van der Waals surface area contributed by atoms with Gasteiger partial charge in [-0.15, -0.1) is 0 Å². The molecule has 3 nitrogen and oxygen atoms in total. The number of anilines is 1. The summed E-state index contributed by atoms with van der Waals surface area (Å²) in [7, 11) is 0. The molecule has 1 aliphatic heterocycles. The monoisotopic (exact) mass is 287 g/mol. The van der Waals surface area contributed by atoms with Crippen LogP contribution in [0, 0.1) is 5.41 Å². The second kappa shape index (κ2) is 5.52. The summed E-state index contributed by atoms with van der Waals surface area (Å²) in [6.45, 7) is 4.71. The molecule has 0 saturated carbocycles. The number of imidazole rings is 1. The van der Waals surface area contributed by atoms with E-state index in [-0.39, 0.29) is 0 Å². The summed E-state index contributed by atoms with van der Waals surface area (Å²) >= 11 is 2.05. The van der Waals surface area contributed by atoms with Crippen LogP contribution in [-0.2, 0) is 0 Å². The van der Waals surface area contributed by atoms with Crippen LogP contribution in [0.1, 0.15) is 20.3 Å². The molecule has 0 spiro atoms. The zero-order valence-electron chi connectivity index (χ0n) is 12.0. The third kappa shape index (κ3) is 3.01. The van der Waals surface area contributed by atoms with Gasteiger partial charge in [0.05, 0.1) is 17.7 Å². The minimum atomic E-state index is 0.421. The van der Waals surface area contributed by atoms with Gasteiger partial charge in [0, 0.05) is 24.2 Å². The van der Waals surface area contributed by atoms with Gasteiger partial charge in [0.1, 0.15) is 0 Å². The molecule has 1 aromatic carbocycles. The maximum atomic E-state index is 4.14. The number of hydrogen-bond donors (Lipinski definition) is 1. The van der Waals surface area contributed by atoms with Crippen LogP contribution in [0.2, 0.25) is 0 Å². The van der Waals surface area contributed by atoms with E-state index < -0.39 is 0 Å². The Morgan fingerprint density at radius 3 is 2.95 bits per heavy atom. The lowest BCUT2D eigenvalue weighted by molar-refractivity contribution is 0.358. The SMILES string of the molecule is CC1(C)CSCC(Nc2ccccc2-n2ccnc2)C1. The van der Waals surface area contributed by atoms with Crippen LogP contribution >= 0.6 is 11.8 Å². The zero-order chi connectivity index (χ0) is 14.0. The van der Waals surface area contributed by atoms with E-state index in [0.717, 1.165) is 0 Å². The molecule has 0 radical (unpaired) electrons. The van der Waals surface area contributed by atoms with Crippen LogP contribution in [0.4, 0.5) is 5.69 Å². The van der Waals surface area contributed by atoms with Crippen molar-refractivity contribution in [1.82, 2.24) is 9.55 Å². The Kier molecular flexibility index (Phi) is 3.74. The number of rotatable bonds is 3. The molecule has 1 aliphatic rings. The number of hydrogen-bond acceptors (Lipinski definition) is 3. The predicted octanol–water partition coefficient (Wildman–Crippen LogP) is 3.82. The van der Waals surface area contributed by atoms with Crippen molar-refractivity contribution in [1.29, 1.82) is 0 Å². The lowest BCUT2D eigenvalue weighted by Gasteiger charge is -2.36. The molecular weight excluding hydrogens is 266 g/mol. The third-order valence-electron chi connectivity index (χ3n) is 3.66. The van der Waals surface area contributed by atoms with Gasteiger partial charge in [-0.3, -0.25) is 0 Å². The highest BCUT2D eigenvalue weighted by Crippen LogP contribution is 2.35. The summed E-state index contributed by atoms with van der Waals surface area (Å²) in [5.74, 6) is 2.44. The van der Waals surface area contributed by atoms with Crippen molar-refractivity contribution >= 4 is 17.4 Å². The van der Waals surface area contributed by atoms with E-state index in [1.165, 1.54) is 29.3 Å². The van der Waals surface area contributed by atoms with E-state index in [1.54, 1.807) is 0 Å². The van der Waals surface area contributed by atoms with Crippen molar-refractivity contribution in [3.8, 4) is 5.69 Å². The zero-order valence-corrected chi connectivity index (χ0v) is 12.9. The van der Waals surface area contributed by atoms with E-state index in [9.17, 15) is 0 Å². The molecule has 1 fully saturated rings. The largest absolute Gasteiger partial charge is 0.380 e. The smallest absolute Gasteiger partial charge is 0.0992 e. The number of benzene rings is 1. The molecule has 1 unspecified atom stereocenters. The highest BCUT2D eigenvalue weighted by atomic mass is 32.2. The Balaban J connectivity index is 1.81. The van der Waals surface area contributed by atoms with Gasteiger partial charge in [-0.1, -0.05) is 26.0 Å². The Morgan fingerprint density at radius 1 is 1.35 bits per heavy atom. The number of nitrogens with zero attached hydrogens (tertiary/aromatic N) is 2. The van der Waals surface area contributed by atoms with Gasteiger partial charge >= 0.3 is 0 Å². The number of para-hydroxylation sites is 2. The Bertz CT molecular complexity index is 563. The van der Waals surface area contributed by atoms with E-state index in [0.29, 0.717) is 11.5 Å². The van der Waals surface area contributed by atoms with E-state index in [2.05, 4.69) is 64.7 Å². The topological polar surface area (TPSA) is 29.9 Å². The van der Waals surface area contributed by atoms with Crippen LogP contribution < -0.4 is 5.32 Å². The standard InChI is InChI=1S/C16H21N3S/c1-16(2)9-13(10-20-11-16)18-14-5-3-4-6-15(14)19-8-7-17-12-19/h3-8,12-13,18H,9-11H2,1-2H3. The molecule has 106 valence electrons. The number of nitrogens with one attached hydrogen (secondary N) is 1. The molecule has 2 heterocycles. The highest BCUT2D eigenvalue weighted by Gasteiger charge is 2.28. The summed E-state index contributed by atoms with van der Waals surface area (Å²) in [5, 5.41) is 3.72. The molecule has 0 bridgehead atoms. The average molecular weight is 287 g/mol. The Morgan fingerprint density at radius 2 is 2.20 bits per heavy atom. The molecule has 4 heteroatoms. The van der Waals surface area contributed by atoms with Crippen molar-refractivity contribution < 1.29 is 0 Å². The Labute approximate surface area is 124 Å². The fraction of sp³-hybridized carbons (Fsp3) is 0.438.